The van der Waals surface area contributed by atoms with Gasteiger partial charge in [-0.1, -0.05) is 41.4 Å². The smallest absolute Gasteiger partial charge is 0.308 e. The minimum absolute atomic E-state index is 0.0230. The molecule has 6 nitrogen and oxygen atoms in total. The molecule has 1 amide bonds. The van der Waals surface area contributed by atoms with Gasteiger partial charge in [0, 0.05) is 53.9 Å². The number of nitrogens with zero attached hydrogens (tertiary/aromatic N) is 2. The summed E-state index contributed by atoms with van der Waals surface area (Å²) in [5.41, 5.74) is 1.04. The normalized spacial score (nSPS) is 33.2. The lowest BCUT2D eigenvalue weighted by atomic mass is 9.73. The van der Waals surface area contributed by atoms with Crippen molar-refractivity contribution in [2.24, 2.45) is 17.8 Å². The SMILES string of the molecule is COC(=O)C1CCC(CN2CC[C@H]3[C@@H]2[C@H](c2cccc(Cl)c2F)[C@]2(C(=O)Nc4cc(Cl)ccc42)N3CC2CC2)CC1. The van der Waals surface area contributed by atoms with Crippen LogP contribution in [0, 0.1) is 23.6 Å². The Labute approximate surface area is 250 Å². The van der Waals surface area contributed by atoms with Crippen molar-refractivity contribution in [2.45, 2.75) is 68.5 Å². The molecule has 5 aliphatic rings. The van der Waals surface area contributed by atoms with Gasteiger partial charge in [0.05, 0.1) is 18.1 Å². The van der Waals surface area contributed by atoms with E-state index in [4.69, 9.17) is 27.9 Å². The summed E-state index contributed by atoms with van der Waals surface area (Å²) in [6.45, 7) is 2.58. The number of hydrogen-bond donors (Lipinski definition) is 1. The van der Waals surface area contributed by atoms with E-state index in [1.54, 1.807) is 12.1 Å². The molecule has 0 aromatic heterocycles. The summed E-state index contributed by atoms with van der Waals surface area (Å²) in [4.78, 5) is 31.5. The molecule has 9 heteroatoms. The molecule has 4 fully saturated rings. The van der Waals surface area contributed by atoms with Crippen molar-refractivity contribution in [3.8, 4) is 0 Å². The molecule has 2 aliphatic carbocycles. The maximum Gasteiger partial charge on any atom is 0.308 e. The first-order chi connectivity index (χ1) is 19.8. The summed E-state index contributed by atoms with van der Waals surface area (Å²) in [7, 11) is 1.46. The van der Waals surface area contributed by atoms with Gasteiger partial charge in [-0.25, -0.2) is 4.39 Å². The van der Waals surface area contributed by atoms with Crippen LogP contribution in [-0.4, -0.2) is 60.5 Å². The highest BCUT2D eigenvalue weighted by atomic mass is 35.5. The maximum atomic E-state index is 16.1. The van der Waals surface area contributed by atoms with E-state index >= 15 is 4.39 Å². The fourth-order valence-electron chi connectivity index (χ4n) is 8.53. The standard InChI is InChI=1S/C32H36Cl2FN3O3/c1-41-30(39)20-9-7-18(8-10-20)16-37-14-13-26-29(37)27(22-3-2-4-24(34)28(22)35)32(38(26)17-19-5-6-19)23-12-11-21(33)15-25(23)36-31(32)40/h2-4,11-12,15,18-20,26-27,29H,5-10,13-14,16-17H2,1H3,(H,36,40)/t18?,20?,26-,27-,29+,32+/m0/s1. The Morgan fingerprint density at radius 2 is 1.78 bits per heavy atom. The van der Waals surface area contributed by atoms with E-state index in [2.05, 4.69) is 15.1 Å². The summed E-state index contributed by atoms with van der Waals surface area (Å²) in [6, 6.07) is 10.9. The van der Waals surface area contributed by atoms with Crippen LogP contribution in [0.2, 0.25) is 10.0 Å². The molecule has 0 unspecified atom stereocenters. The average molecular weight is 601 g/mol. The molecule has 218 valence electrons. The van der Waals surface area contributed by atoms with Crippen LogP contribution in [0.4, 0.5) is 10.1 Å². The van der Waals surface area contributed by atoms with Crippen LogP contribution in [0.3, 0.4) is 0 Å². The number of rotatable bonds is 6. The highest BCUT2D eigenvalue weighted by molar-refractivity contribution is 6.31. The van der Waals surface area contributed by atoms with E-state index in [1.807, 2.05) is 24.3 Å². The molecule has 2 aromatic carbocycles. The van der Waals surface area contributed by atoms with E-state index in [1.165, 1.54) is 7.11 Å². The molecule has 0 radical (unpaired) electrons. The number of fused-ring (bicyclic) bond motifs is 3. The van der Waals surface area contributed by atoms with Gasteiger partial charge in [-0.3, -0.25) is 19.4 Å². The molecular weight excluding hydrogens is 564 g/mol. The lowest BCUT2D eigenvalue weighted by Gasteiger charge is -2.41. The van der Waals surface area contributed by atoms with Crippen molar-refractivity contribution in [1.82, 2.24) is 9.80 Å². The molecule has 7 rings (SSSR count). The van der Waals surface area contributed by atoms with Crippen molar-refractivity contribution in [3.63, 3.8) is 0 Å². The van der Waals surface area contributed by atoms with Crippen molar-refractivity contribution in [2.75, 3.05) is 32.1 Å². The second kappa shape index (κ2) is 10.5. The number of nitrogens with one attached hydrogen (secondary N) is 1. The fourth-order valence-corrected chi connectivity index (χ4v) is 8.88. The molecule has 41 heavy (non-hydrogen) atoms. The van der Waals surface area contributed by atoms with Crippen molar-refractivity contribution in [3.05, 3.63) is 63.4 Å². The Morgan fingerprint density at radius 1 is 1.05 bits per heavy atom. The third kappa shape index (κ3) is 4.41. The minimum atomic E-state index is -1.05. The van der Waals surface area contributed by atoms with Gasteiger partial charge in [-0.05, 0) is 80.5 Å². The molecule has 3 aliphatic heterocycles. The number of amides is 1. The first kappa shape index (κ1) is 27.6. The quantitative estimate of drug-likeness (QED) is 0.400. The number of likely N-dealkylation sites (tertiary alicyclic amines) is 2. The third-order valence-electron chi connectivity index (χ3n) is 10.5. The Bertz CT molecular complexity index is 1380. The second-order valence-electron chi connectivity index (χ2n) is 12.7. The molecule has 1 spiro atoms. The zero-order valence-electron chi connectivity index (χ0n) is 23.3. The van der Waals surface area contributed by atoms with Gasteiger partial charge in [0.15, 0.2) is 0 Å². The van der Waals surface area contributed by atoms with E-state index < -0.39 is 17.3 Å². The Hall–Kier alpha value is -2.19. The number of benzene rings is 2. The largest absolute Gasteiger partial charge is 0.469 e. The number of ether oxygens (including phenoxy) is 1. The van der Waals surface area contributed by atoms with Crippen LogP contribution in [0.25, 0.3) is 0 Å². The van der Waals surface area contributed by atoms with Crippen LogP contribution in [0.5, 0.6) is 0 Å². The molecule has 3 heterocycles. The van der Waals surface area contributed by atoms with Crippen LogP contribution < -0.4 is 5.32 Å². The van der Waals surface area contributed by atoms with Crippen LogP contribution in [-0.2, 0) is 19.9 Å². The minimum Gasteiger partial charge on any atom is -0.469 e. The highest BCUT2D eigenvalue weighted by Crippen LogP contribution is 2.61. The number of anilines is 1. The van der Waals surface area contributed by atoms with Gasteiger partial charge in [-0.15, -0.1) is 0 Å². The summed E-state index contributed by atoms with van der Waals surface area (Å²) < 4.78 is 21.1. The molecule has 0 bridgehead atoms. The zero-order valence-corrected chi connectivity index (χ0v) is 24.8. The lowest BCUT2D eigenvalue weighted by molar-refractivity contribution is -0.146. The zero-order chi connectivity index (χ0) is 28.5. The summed E-state index contributed by atoms with van der Waals surface area (Å²) in [5, 5.41) is 3.79. The molecule has 2 aromatic rings. The van der Waals surface area contributed by atoms with E-state index in [0.717, 1.165) is 70.1 Å². The van der Waals surface area contributed by atoms with E-state index in [9.17, 15) is 9.59 Å². The summed E-state index contributed by atoms with van der Waals surface area (Å²) in [5.74, 6) is -0.134. The Balaban J connectivity index is 1.31. The third-order valence-corrected chi connectivity index (χ3v) is 11.0. The first-order valence-corrected chi connectivity index (χ1v) is 15.7. The number of methoxy groups -OCH3 is 1. The highest BCUT2D eigenvalue weighted by Gasteiger charge is 2.69. The number of hydrogen-bond acceptors (Lipinski definition) is 5. The van der Waals surface area contributed by atoms with Crippen molar-refractivity contribution in [1.29, 1.82) is 0 Å². The maximum absolute atomic E-state index is 16.1. The van der Waals surface area contributed by atoms with Crippen molar-refractivity contribution >= 4 is 40.8 Å². The number of carbonyl (C=O) groups excluding carboxylic acids is 2. The van der Waals surface area contributed by atoms with E-state index in [0.29, 0.717) is 28.1 Å². The fraction of sp³-hybridized carbons (Fsp3) is 0.562. The van der Waals surface area contributed by atoms with Gasteiger partial charge in [0.25, 0.3) is 0 Å². The Morgan fingerprint density at radius 3 is 2.51 bits per heavy atom. The molecule has 2 saturated heterocycles. The monoisotopic (exact) mass is 599 g/mol. The topological polar surface area (TPSA) is 61.9 Å². The van der Waals surface area contributed by atoms with Crippen LogP contribution in [0.1, 0.15) is 62.0 Å². The number of carbonyl (C=O) groups is 2. The molecule has 4 atom stereocenters. The summed E-state index contributed by atoms with van der Waals surface area (Å²) >= 11 is 12.8. The lowest BCUT2D eigenvalue weighted by Crippen LogP contribution is -2.53. The molecular formula is C32H36Cl2FN3O3. The summed E-state index contributed by atoms with van der Waals surface area (Å²) in [6.07, 6.45) is 6.82. The van der Waals surface area contributed by atoms with Gasteiger partial charge in [0.2, 0.25) is 5.91 Å². The van der Waals surface area contributed by atoms with Gasteiger partial charge < -0.3 is 10.1 Å². The number of esters is 1. The predicted octanol–water partition coefficient (Wildman–Crippen LogP) is 6.21. The van der Waals surface area contributed by atoms with Crippen LogP contribution in [0.15, 0.2) is 36.4 Å². The van der Waals surface area contributed by atoms with Gasteiger partial charge in [-0.2, -0.15) is 0 Å². The molecule has 2 saturated carbocycles. The Kier molecular flexibility index (Phi) is 7.08. The van der Waals surface area contributed by atoms with Gasteiger partial charge in [0.1, 0.15) is 11.4 Å². The number of halogens is 3. The average Bonchev–Trinajstić information content (AvgIpc) is 3.55. The molecule has 1 N–H and O–H groups in total. The second-order valence-corrected chi connectivity index (χ2v) is 13.6. The van der Waals surface area contributed by atoms with Gasteiger partial charge >= 0.3 is 5.97 Å². The van der Waals surface area contributed by atoms with E-state index in [-0.39, 0.29) is 34.9 Å². The predicted molar refractivity (Wildman–Crippen MR) is 157 cm³/mol. The first-order valence-electron chi connectivity index (χ1n) is 15.0. The van der Waals surface area contributed by atoms with Crippen LogP contribution >= 0.6 is 23.2 Å². The van der Waals surface area contributed by atoms with Crippen molar-refractivity contribution < 1.29 is 18.7 Å².